The van der Waals surface area contributed by atoms with E-state index in [2.05, 4.69) is 28.0 Å². The first kappa shape index (κ1) is 15.0. The molecule has 2 amide bonds. The van der Waals surface area contributed by atoms with Crippen LogP contribution in [-0.2, 0) is 16.0 Å². The van der Waals surface area contributed by atoms with E-state index in [-0.39, 0.29) is 18.2 Å². The molecule has 1 aliphatic heterocycles. The van der Waals surface area contributed by atoms with Gasteiger partial charge in [0.1, 0.15) is 5.71 Å². The Labute approximate surface area is 134 Å². The van der Waals surface area contributed by atoms with Gasteiger partial charge in [0.05, 0.1) is 0 Å². The predicted molar refractivity (Wildman–Crippen MR) is 89.1 cm³/mol. The summed E-state index contributed by atoms with van der Waals surface area (Å²) in [4.78, 5) is 23.4. The molecule has 5 heteroatoms. The van der Waals surface area contributed by atoms with Crippen LogP contribution in [0.4, 0.5) is 5.69 Å². The molecule has 2 aromatic rings. The molecule has 1 aliphatic rings. The normalized spacial score (nSPS) is 13.9. The Morgan fingerprint density at radius 1 is 1.04 bits per heavy atom. The van der Waals surface area contributed by atoms with Crippen molar-refractivity contribution in [1.82, 2.24) is 5.43 Å². The smallest absolute Gasteiger partial charge is 0.271 e. The maximum Gasteiger partial charge on any atom is 0.271 e. The van der Waals surface area contributed by atoms with Crippen molar-refractivity contribution in [3.05, 3.63) is 65.7 Å². The van der Waals surface area contributed by atoms with Gasteiger partial charge in [0.15, 0.2) is 0 Å². The molecule has 5 nitrogen and oxygen atoms in total. The number of amides is 2. The fraction of sp³-hybridized carbons (Fsp3) is 0.167. The van der Waals surface area contributed by atoms with Crippen molar-refractivity contribution in [3.63, 3.8) is 0 Å². The van der Waals surface area contributed by atoms with E-state index < -0.39 is 0 Å². The summed E-state index contributed by atoms with van der Waals surface area (Å²) < 4.78 is 0. The monoisotopic (exact) mass is 307 g/mol. The summed E-state index contributed by atoms with van der Waals surface area (Å²) in [5.74, 6) is -0.434. The van der Waals surface area contributed by atoms with E-state index in [9.17, 15) is 9.59 Å². The van der Waals surface area contributed by atoms with Crippen molar-refractivity contribution in [2.75, 3.05) is 5.32 Å². The third kappa shape index (κ3) is 3.83. The lowest BCUT2D eigenvalue weighted by molar-refractivity contribution is -0.121. The van der Waals surface area contributed by atoms with Crippen LogP contribution in [0, 0.1) is 0 Å². The molecule has 0 aliphatic carbocycles. The van der Waals surface area contributed by atoms with Crippen molar-refractivity contribution in [1.29, 1.82) is 0 Å². The Kier molecular flexibility index (Phi) is 4.47. The zero-order chi connectivity index (χ0) is 16.1. The van der Waals surface area contributed by atoms with Gasteiger partial charge in [-0.15, -0.1) is 0 Å². The first-order chi connectivity index (χ1) is 11.2. The SMILES string of the molecule is O=C1CCC(C(=O)Nc2ccccc2Cc2ccccc2)=NN1. The zero-order valence-corrected chi connectivity index (χ0v) is 12.6. The molecule has 0 radical (unpaired) electrons. The Morgan fingerprint density at radius 2 is 1.78 bits per heavy atom. The second-order valence-corrected chi connectivity index (χ2v) is 5.37. The molecule has 2 N–H and O–H groups in total. The van der Waals surface area contributed by atoms with Crippen molar-refractivity contribution in [3.8, 4) is 0 Å². The first-order valence-corrected chi connectivity index (χ1v) is 7.51. The highest BCUT2D eigenvalue weighted by Crippen LogP contribution is 2.19. The van der Waals surface area contributed by atoms with E-state index >= 15 is 0 Å². The first-order valence-electron chi connectivity index (χ1n) is 7.51. The molecule has 2 aromatic carbocycles. The van der Waals surface area contributed by atoms with Gasteiger partial charge in [-0.1, -0.05) is 48.5 Å². The molecule has 0 bridgehead atoms. The fourth-order valence-corrected chi connectivity index (χ4v) is 2.44. The van der Waals surface area contributed by atoms with Gasteiger partial charge in [-0.3, -0.25) is 9.59 Å². The van der Waals surface area contributed by atoms with Crippen molar-refractivity contribution in [2.24, 2.45) is 5.10 Å². The van der Waals surface area contributed by atoms with Gasteiger partial charge >= 0.3 is 0 Å². The summed E-state index contributed by atoms with van der Waals surface area (Å²) >= 11 is 0. The van der Waals surface area contributed by atoms with Crippen LogP contribution >= 0.6 is 0 Å². The summed E-state index contributed by atoms with van der Waals surface area (Å²) in [5.41, 5.74) is 5.66. The number of hydrogen-bond donors (Lipinski definition) is 2. The lowest BCUT2D eigenvalue weighted by atomic mass is 10.0. The van der Waals surface area contributed by atoms with E-state index in [4.69, 9.17) is 0 Å². The largest absolute Gasteiger partial charge is 0.321 e. The molecule has 0 fully saturated rings. The van der Waals surface area contributed by atoms with Gasteiger partial charge in [0, 0.05) is 18.5 Å². The van der Waals surface area contributed by atoms with Crippen LogP contribution in [0.2, 0.25) is 0 Å². The number of carbonyl (C=O) groups is 2. The summed E-state index contributed by atoms with van der Waals surface area (Å²) in [6, 6.07) is 17.8. The highest BCUT2D eigenvalue weighted by Gasteiger charge is 2.19. The van der Waals surface area contributed by atoms with Gasteiger partial charge in [-0.05, 0) is 23.6 Å². The predicted octanol–water partition coefficient (Wildman–Crippen LogP) is 2.48. The van der Waals surface area contributed by atoms with Crippen LogP contribution in [0.15, 0.2) is 59.7 Å². The van der Waals surface area contributed by atoms with Crippen LogP contribution < -0.4 is 10.7 Å². The summed E-state index contributed by atoms with van der Waals surface area (Å²) in [5, 5.41) is 6.72. The number of carbonyl (C=O) groups excluding carboxylic acids is 2. The molecule has 116 valence electrons. The number of nitrogens with zero attached hydrogens (tertiary/aromatic N) is 1. The molecule has 0 saturated heterocycles. The number of hydrogen-bond acceptors (Lipinski definition) is 3. The maximum absolute atomic E-state index is 12.3. The molecule has 0 atom stereocenters. The molecule has 0 saturated carbocycles. The second kappa shape index (κ2) is 6.87. The Morgan fingerprint density at radius 3 is 2.52 bits per heavy atom. The van der Waals surface area contributed by atoms with Crippen LogP contribution in [0.25, 0.3) is 0 Å². The minimum Gasteiger partial charge on any atom is -0.321 e. The number of rotatable bonds is 4. The highest BCUT2D eigenvalue weighted by molar-refractivity contribution is 6.43. The average molecular weight is 307 g/mol. The summed E-state index contributed by atoms with van der Waals surface area (Å²) in [6.45, 7) is 0. The number of anilines is 1. The van der Waals surface area contributed by atoms with Crippen LogP contribution in [0.3, 0.4) is 0 Å². The van der Waals surface area contributed by atoms with Crippen molar-refractivity contribution >= 4 is 23.2 Å². The minimum absolute atomic E-state index is 0.161. The molecule has 1 heterocycles. The summed E-state index contributed by atoms with van der Waals surface area (Å²) in [7, 11) is 0. The molecule has 0 aromatic heterocycles. The van der Waals surface area contributed by atoms with Gasteiger partial charge in [-0.2, -0.15) is 5.10 Å². The van der Waals surface area contributed by atoms with E-state index in [1.807, 2.05) is 42.5 Å². The topological polar surface area (TPSA) is 70.6 Å². The lowest BCUT2D eigenvalue weighted by Crippen LogP contribution is -2.33. The quantitative estimate of drug-likeness (QED) is 0.911. The third-order valence-electron chi connectivity index (χ3n) is 3.67. The second-order valence-electron chi connectivity index (χ2n) is 5.37. The van der Waals surface area contributed by atoms with Gasteiger partial charge < -0.3 is 5.32 Å². The molecule has 0 unspecified atom stereocenters. The maximum atomic E-state index is 12.3. The van der Waals surface area contributed by atoms with Crippen LogP contribution in [0.1, 0.15) is 24.0 Å². The van der Waals surface area contributed by atoms with Gasteiger partial charge in [0.2, 0.25) is 5.91 Å². The summed E-state index contributed by atoms with van der Waals surface area (Å²) in [6.07, 6.45) is 1.39. The molecule has 0 spiro atoms. The van der Waals surface area contributed by atoms with Crippen LogP contribution in [0.5, 0.6) is 0 Å². The van der Waals surface area contributed by atoms with Gasteiger partial charge in [-0.25, -0.2) is 5.43 Å². The van der Waals surface area contributed by atoms with E-state index in [0.29, 0.717) is 12.1 Å². The number of para-hydroxylation sites is 1. The van der Waals surface area contributed by atoms with Crippen molar-refractivity contribution < 1.29 is 9.59 Å². The Balaban J connectivity index is 1.75. The zero-order valence-electron chi connectivity index (χ0n) is 12.6. The van der Waals surface area contributed by atoms with Crippen molar-refractivity contribution in [2.45, 2.75) is 19.3 Å². The fourth-order valence-electron chi connectivity index (χ4n) is 2.44. The molecular weight excluding hydrogens is 290 g/mol. The number of hydrazone groups is 1. The molecule has 23 heavy (non-hydrogen) atoms. The Hall–Kier alpha value is -2.95. The average Bonchev–Trinajstić information content (AvgIpc) is 2.58. The van der Waals surface area contributed by atoms with Crippen LogP contribution in [-0.4, -0.2) is 17.5 Å². The highest BCUT2D eigenvalue weighted by atomic mass is 16.2. The van der Waals surface area contributed by atoms with Gasteiger partial charge in [0.25, 0.3) is 5.91 Å². The van der Waals surface area contributed by atoms with E-state index in [1.165, 1.54) is 5.56 Å². The van der Waals surface area contributed by atoms with E-state index in [1.54, 1.807) is 0 Å². The molecule has 3 rings (SSSR count). The lowest BCUT2D eigenvalue weighted by Gasteiger charge is -2.14. The van der Waals surface area contributed by atoms with E-state index in [0.717, 1.165) is 17.7 Å². The number of benzene rings is 2. The number of nitrogens with one attached hydrogen (secondary N) is 2. The standard InChI is InChI=1S/C18H17N3O2/c22-17-11-10-16(20-21-17)18(23)19-15-9-5-4-8-14(15)12-13-6-2-1-3-7-13/h1-9H,10-12H2,(H,19,23)(H,21,22). The molecular formula is C18H17N3O2. The third-order valence-corrected chi connectivity index (χ3v) is 3.67. The minimum atomic E-state index is -0.273. The Bertz CT molecular complexity index is 754.